The van der Waals surface area contributed by atoms with Gasteiger partial charge in [0.1, 0.15) is 0 Å². The highest BCUT2D eigenvalue weighted by atomic mass is 32.2. The first-order valence-electron chi connectivity index (χ1n) is 4.20. The van der Waals surface area contributed by atoms with Crippen molar-refractivity contribution in [3.8, 4) is 0 Å². The van der Waals surface area contributed by atoms with E-state index in [-0.39, 0.29) is 5.92 Å². The Hall–Kier alpha value is -0.480. The number of hydrogen-bond acceptors (Lipinski definition) is 3. The number of carbonyl (C=O) groups is 1. The zero-order valence-corrected chi connectivity index (χ0v) is 8.61. The Balaban J connectivity index is 1.93. The summed E-state index contributed by atoms with van der Waals surface area (Å²) in [5.41, 5.74) is 0. The fourth-order valence-electron chi connectivity index (χ4n) is 1.37. The Morgan fingerprint density at radius 1 is 1.62 bits per heavy atom. The minimum atomic E-state index is -0.639. The molecule has 4 heteroatoms. The van der Waals surface area contributed by atoms with Gasteiger partial charge in [0.25, 0.3) is 0 Å². The molecule has 1 N–H and O–H groups in total. The molecular formula is C9H10O2S2. The zero-order valence-electron chi connectivity index (χ0n) is 6.97. The van der Waals surface area contributed by atoms with Crippen molar-refractivity contribution in [2.45, 2.75) is 22.3 Å². The fourth-order valence-corrected chi connectivity index (χ4v) is 3.71. The second-order valence-electron chi connectivity index (χ2n) is 3.11. The van der Waals surface area contributed by atoms with E-state index in [0.717, 1.165) is 12.8 Å². The summed E-state index contributed by atoms with van der Waals surface area (Å²) in [7, 11) is 0. The smallest absolute Gasteiger partial charge is 0.307 e. The van der Waals surface area contributed by atoms with Gasteiger partial charge < -0.3 is 5.11 Å². The maximum Gasteiger partial charge on any atom is 0.307 e. The first-order chi connectivity index (χ1) is 6.27. The van der Waals surface area contributed by atoms with Crippen LogP contribution in [0.5, 0.6) is 0 Å². The highest BCUT2D eigenvalue weighted by molar-refractivity contribution is 8.01. The molecule has 1 heterocycles. The van der Waals surface area contributed by atoms with E-state index >= 15 is 0 Å². The third-order valence-corrected chi connectivity index (χ3v) is 4.77. The Kier molecular flexibility index (Phi) is 2.60. The molecular weight excluding hydrogens is 204 g/mol. The molecule has 0 aliphatic heterocycles. The summed E-state index contributed by atoms with van der Waals surface area (Å²) in [6.45, 7) is 0. The van der Waals surface area contributed by atoms with E-state index in [1.165, 1.54) is 4.21 Å². The number of aliphatic carboxylic acids is 1. The SMILES string of the molecule is O=C(O)C1CCC1Sc1cccs1. The lowest BCUT2D eigenvalue weighted by molar-refractivity contribution is -0.144. The third-order valence-electron chi connectivity index (χ3n) is 2.29. The van der Waals surface area contributed by atoms with Crippen LogP contribution in [-0.4, -0.2) is 16.3 Å². The Bertz CT molecular complexity index is 295. The molecule has 13 heavy (non-hydrogen) atoms. The van der Waals surface area contributed by atoms with Crippen molar-refractivity contribution in [2.75, 3.05) is 0 Å². The number of carboxylic acids is 1. The van der Waals surface area contributed by atoms with Gasteiger partial charge in [-0.05, 0) is 24.3 Å². The lowest BCUT2D eigenvalue weighted by atomic mass is 9.85. The fraction of sp³-hybridized carbons (Fsp3) is 0.444. The van der Waals surface area contributed by atoms with E-state index in [9.17, 15) is 4.79 Å². The van der Waals surface area contributed by atoms with Gasteiger partial charge in [-0.3, -0.25) is 4.79 Å². The molecule has 1 aromatic rings. The van der Waals surface area contributed by atoms with Crippen molar-refractivity contribution in [2.24, 2.45) is 5.92 Å². The van der Waals surface area contributed by atoms with Crippen molar-refractivity contribution < 1.29 is 9.90 Å². The van der Waals surface area contributed by atoms with Crippen LogP contribution >= 0.6 is 23.1 Å². The van der Waals surface area contributed by atoms with Crippen molar-refractivity contribution in [3.05, 3.63) is 17.5 Å². The number of rotatable bonds is 3. The second-order valence-corrected chi connectivity index (χ2v) is 5.60. The average molecular weight is 214 g/mol. The van der Waals surface area contributed by atoms with E-state index in [0.29, 0.717) is 5.25 Å². The first kappa shape index (κ1) is 9.09. The molecule has 2 rings (SSSR count). The second kappa shape index (κ2) is 3.72. The summed E-state index contributed by atoms with van der Waals surface area (Å²) in [4.78, 5) is 10.7. The van der Waals surface area contributed by atoms with Gasteiger partial charge in [0, 0.05) is 5.25 Å². The third kappa shape index (κ3) is 1.89. The highest BCUT2D eigenvalue weighted by Gasteiger charge is 2.37. The van der Waals surface area contributed by atoms with Crippen molar-refractivity contribution in [1.82, 2.24) is 0 Å². The van der Waals surface area contributed by atoms with Gasteiger partial charge in [-0.1, -0.05) is 6.07 Å². The summed E-state index contributed by atoms with van der Waals surface area (Å²) in [6.07, 6.45) is 1.89. The zero-order chi connectivity index (χ0) is 9.26. The number of thioether (sulfide) groups is 1. The van der Waals surface area contributed by atoms with Crippen LogP contribution in [-0.2, 0) is 4.79 Å². The van der Waals surface area contributed by atoms with E-state index in [1.807, 2.05) is 17.5 Å². The van der Waals surface area contributed by atoms with Gasteiger partial charge in [-0.15, -0.1) is 23.1 Å². The van der Waals surface area contributed by atoms with Crippen LogP contribution in [0.4, 0.5) is 0 Å². The lowest BCUT2D eigenvalue weighted by Crippen LogP contribution is -2.34. The molecule has 0 spiro atoms. The number of carboxylic acid groups (broad SMARTS) is 1. The maximum atomic E-state index is 10.7. The van der Waals surface area contributed by atoms with Gasteiger partial charge in [-0.2, -0.15) is 0 Å². The summed E-state index contributed by atoms with van der Waals surface area (Å²) < 4.78 is 1.23. The predicted octanol–water partition coefficient (Wildman–Crippen LogP) is 2.70. The summed E-state index contributed by atoms with van der Waals surface area (Å²) in [6, 6.07) is 4.05. The number of thiophene rings is 1. The normalized spacial score (nSPS) is 26.8. The van der Waals surface area contributed by atoms with Crippen molar-refractivity contribution >= 4 is 29.1 Å². The first-order valence-corrected chi connectivity index (χ1v) is 5.96. The molecule has 0 radical (unpaired) electrons. The lowest BCUT2D eigenvalue weighted by Gasteiger charge is -2.32. The predicted molar refractivity (Wildman–Crippen MR) is 54.3 cm³/mol. The Morgan fingerprint density at radius 2 is 2.46 bits per heavy atom. The van der Waals surface area contributed by atoms with Crippen LogP contribution in [0.1, 0.15) is 12.8 Å². The molecule has 1 aliphatic rings. The molecule has 1 saturated carbocycles. The van der Waals surface area contributed by atoms with Crippen molar-refractivity contribution in [1.29, 1.82) is 0 Å². The van der Waals surface area contributed by atoms with Gasteiger partial charge >= 0.3 is 5.97 Å². The summed E-state index contributed by atoms with van der Waals surface area (Å²) >= 11 is 3.40. The monoisotopic (exact) mass is 214 g/mol. The topological polar surface area (TPSA) is 37.3 Å². The van der Waals surface area contributed by atoms with E-state index in [4.69, 9.17) is 5.11 Å². The minimum Gasteiger partial charge on any atom is -0.481 e. The van der Waals surface area contributed by atoms with E-state index in [1.54, 1.807) is 23.1 Å². The molecule has 0 saturated heterocycles. The average Bonchev–Trinajstić information content (AvgIpc) is 2.48. The van der Waals surface area contributed by atoms with Crippen LogP contribution in [0.3, 0.4) is 0 Å². The Labute approximate surface area is 85.0 Å². The van der Waals surface area contributed by atoms with Crippen LogP contribution in [0, 0.1) is 5.92 Å². The molecule has 0 bridgehead atoms. The van der Waals surface area contributed by atoms with Crippen molar-refractivity contribution in [3.63, 3.8) is 0 Å². The molecule has 2 atom stereocenters. The molecule has 0 amide bonds. The molecule has 1 aliphatic carbocycles. The molecule has 0 aromatic carbocycles. The van der Waals surface area contributed by atoms with Gasteiger partial charge in [0.15, 0.2) is 0 Å². The summed E-state index contributed by atoms with van der Waals surface area (Å²) in [5, 5.41) is 11.1. The van der Waals surface area contributed by atoms with Gasteiger partial charge in [-0.25, -0.2) is 0 Å². The van der Waals surface area contributed by atoms with Gasteiger partial charge in [0.05, 0.1) is 10.1 Å². The molecule has 2 unspecified atom stereocenters. The van der Waals surface area contributed by atoms with E-state index < -0.39 is 5.97 Å². The standard InChI is InChI=1S/C9H10O2S2/c10-9(11)6-3-4-7(6)13-8-2-1-5-12-8/h1-2,5-7H,3-4H2,(H,10,11). The molecule has 1 aromatic heterocycles. The van der Waals surface area contributed by atoms with Gasteiger partial charge in [0.2, 0.25) is 0 Å². The van der Waals surface area contributed by atoms with Crippen LogP contribution in [0.25, 0.3) is 0 Å². The molecule has 70 valence electrons. The largest absolute Gasteiger partial charge is 0.481 e. The van der Waals surface area contributed by atoms with Crippen LogP contribution in [0.2, 0.25) is 0 Å². The molecule has 1 fully saturated rings. The Morgan fingerprint density at radius 3 is 2.92 bits per heavy atom. The number of hydrogen-bond donors (Lipinski definition) is 1. The summed E-state index contributed by atoms with van der Waals surface area (Å²) in [5.74, 6) is -0.757. The quantitative estimate of drug-likeness (QED) is 0.840. The maximum absolute atomic E-state index is 10.7. The highest BCUT2D eigenvalue weighted by Crippen LogP contribution is 2.42. The van der Waals surface area contributed by atoms with Crippen LogP contribution < -0.4 is 0 Å². The van der Waals surface area contributed by atoms with E-state index in [2.05, 4.69) is 0 Å². The van der Waals surface area contributed by atoms with Crippen LogP contribution in [0.15, 0.2) is 21.7 Å². The minimum absolute atomic E-state index is 0.118. The molecule has 2 nitrogen and oxygen atoms in total.